The largest absolute Gasteiger partial charge is 0.398 e. The second-order valence-corrected chi connectivity index (χ2v) is 6.47. The topological polar surface area (TPSA) is 90.0 Å². The van der Waals surface area contributed by atoms with Gasteiger partial charge in [0.05, 0.1) is 17.3 Å². The summed E-state index contributed by atoms with van der Waals surface area (Å²) < 4.78 is 28.8. The zero-order chi connectivity index (χ0) is 14.8. The SMILES string of the molecule is CC(Cn1cccn1)NS(=O)(=O)c1c(N)cccc1Cl. The lowest BCUT2D eigenvalue weighted by molar-refractivity contribution is 0.494. The molecule has 108 valence electrons. The second kappa shape index (κ2) is 5.82. The predicted molar refractivity (Wildman–Crippen MR) is 77.9 cm³/mol. The smallest absolute Gasteiger partial charge is 0.244 e. The van der Waals surface area contributed by atoms with Gasteiger partial charge in [0, 0.05) is 18.4 Å². The Morgan fingerprint density at radius 1 is 1.45 bits per heavy atom. The minimum Gasteiger partial charge on any atom is -0.398 e. The number of nitrogens with two attached hydrogens (primary N) is 1. The number of halogens is 1. The maximum absolute atomic E-state index is 12.3. The molecule has 0 bridgehead atoms. The van der Waals surface area contributed by atoms with Crippen molar-refractivity contribution in [1.82, 2.24) is 14.5 Å². The molecule has 0 aliphatic rings. The number of benzene rings is 1. The van der Waals surface area contributed by atoms with Gasteiger partial charge in [0.1, 0.15) is 4.90 Å². The zero-order valence-electron chi connectivity index (χ0n) is 10.8. The summed E-state index contributed by atoms with van der Waals surface area (Å²) in [6.45, 7) is 2.16. The van der Waals surface area contributed by atoms with Crippen molar-refractivity contribution in [1.29, 1.82) is 0 Å². The van der Waals surface area contributed by atoms with E-state index < -0.39 is 10.0 Å². The van der Waals surface area contributed by atoms with Gasteiger partial charge >= 0.3 is 0 Å². The second-order valence-electron chi connectivity index (χ2n) is 4.41. The maximum atomic E-state index is 12.3. The average Bonchev–Trinajstić information content (AvgIpc) is 2.79. The minimum absolute atomic E-state index is 0.0889. The molecule has 2 rings (SSSR count). The molecule has 0 saturated heterocycles. The van der Waals surface area contributed by atoms with Crippen LogP contribution in [0.2, 0.25) is 5.02 Å². The monoisotopic (exact) mass is 314 g/mol. The van der Waals surface area contributed by atoms with Gasteiger partial charge in [0.15, 0.2) is 0 Å². The van der Waals surface area contributed by atoms with Crippen LogP contribution in [-0.2, 0) is 16.6 Å². The summed E-state index contributed by atoms with van der Waals surface area (Å²) in [5.74, 6) is 0. The van der Waals surface area contributed by atoms with Crippen molar-refractivity contribution in [3.63, 3.8) is 0 Å². The van der Waals surface area contributed by atoms with E-state index in [1.807, 2.05) is 0 Å². The zero-order valence-corrected chi connectivity index (χ0v) is 12.4. The Kier molecular flexibility index (Phi) is 4.32. The Hall–Kier alpha value is -1.57. The Morgan fingerprint density at radius 3 is 2.80 bits per heavy atom. The van der Waals surface area contributed by atoms with Crippen molar-refractivity contribution in [2.24, 2.45) is 0 Å². The van der Waals surface area contributed by atoms with Crippen molar-refractivity contribution in [2.45, 2.75) is 24.4 Å². The van der Waals surface area contributed by atoms with E-state index in [1.165, 1.54) is 12.1 Å². The third-order valence-electron chi connectivity index (χ3n) is 2.64. The summed E-state index contributed by atoms with van der Waals surface area (Å²) in [6.07, 6.45) is 3.39. The quantitative estimate of drug-likeness (QED) is 0.818. The third kappa shape index (κ3) is 3.30. The van der Waals surface area contributed by atoms with Crippen LogP contribution in [0.5, 0.6) is 0 Å². The summed E-state index contributed by atoms with van der Waals surface area (Å²) in [6, 6.07) is 6.01. The Morgan fingerprint density at radius 2 is 2.20 bits per heavy atom. The molecule has 1 unspecified atom stereocenters. The molecule has 1 heterocycles. The summed E-state index contributed by atoms with van der Waals surface area (Å²) in [5, 5.41) is 4.13. The van der Waals surface area contributed by atoms with Gasteiger partial charge in [-0.2, -0.15) is 5.10 Å². The molecule has 0 spiro atoms. The first kappa shape index (κ1) is 14.8. The molecular formula is C12H15ClN4O2S. The molecule has 0 aliphatic carbocycles. The van der Waals surface area contributed by atoms with Gasteiger partial charge in [-0.1, -0.05) is 17.7 Å². The number of hydrogen-bond donors (Lipinski definition) is 2. The van der Waals surface area contributed by atoms with Crippen molar-refractivity contribution >= 4 is 27.3 Å². The molecule has 1 aromatic heterocycles. The summed E-state index contributed by atoms with van der Waals surface area (Å²) in [5.41, 5.74) is 5.82. The van der Waals surface area contributed by atoms with Gasteiger partial charge in [-0.25, -0.2) is 13.1 Å². The standard InChI is InChI=1S/C12H15ClN4O2S/c1-9(8-17-7-3-6-15-17)16-20(18,19)12-10(13)4-2-5-11(12)14/h2-7,9,16H,8,14H2,1H3. The number of nitrogen functional groups attached to an aromatic ring is 1. The molecule has 8 heteroatoms. The molecule has 6 nitrogen and oxygen atoms in total. The van der Waals surface area contributed by atoms with Gasteiger partial charge in [-0.3, -0.25) is 4.68 Å². The van der Waals surface area contributed by atoms with Gasteiger partial charge in [-0.05, 0) is 25.1 Å². The highest BCUT2D eigenvalue weighted by molar-refractivity contribution is 7.89. The third-order valence-corrected chi connectivity index (χ3v) is 4.78. The molecule has 0 fully saturated rings. The summed E-state index contributed by atoms with van der Waals surface area (Å²) >= 11 is 5.92. The van der Waals surface area contributed by atoms with E-state index in [2.05, 4.69) is 9.82 Å². The van der Waals surface area contributed by atoms with Crippen LogP contribution in [0.4, 0.5) is 5.69 Å². The Bertz CT molecular complexity index is 665. The van der Waals surface area contributed by atoms with E-state index in [9.17, 15) is 8.42 Å². The first-order valence-corrected chi connectivity index (χ1v) is 7.80. The first-order valence-electron chi connectivity index (χ1n) is 5.94. The highest BCUT2D eigenvalue weighted by Crippen LogP contribution is 2.27. The number of nitrogens with one attached hydrogen (secondary N) is 1. The fraction of sp³-hybridized carbons (Fsp3) is 0.250. The summed E-state index contributed by atoms with van der Waals surface area (Å²) in [4.78, 5) is -0.0889. The number of nitrogens with zero attached hydrogens (tertiary/aromatic N) is 2. The van der Waals surface area contributed by atoms with E-state index in [1.54, 1.807) is 36.1 Å². The molecule has 0 radical (unpaired) electrons. The highest BCUT2D eigenvalue weighted by Gasteiger charge is 2.23. The summed E-state index contributed by atoms with van der Waals surface area (Å²) in [7, 11) is -3.77. The van der Waals surface area contributed by atoms with Crippen LogP contribution in [-0.4, -0.2) is 24.2 Å². The number of hydrogen-bond acceptors (Lipinski definition) is 4. The average molecular weight is 315 g/mol. The Balaban J connectivity index is 2.19. The fourth-order valence-electron chi connectivity index (χ4n) is 1.86. The van der Waals surface area contributed by atoms with E-state index in [-0.39, 0.29) is 21.6 Å². The van der Waals surface area contributed by atoms with Crippen LogP contribution in [0, 0.1) is 0 Å². The van der Waals surface area contributed by atoms with Crippen molar-refractivity contribution < 1.29 is 8.42 Å². The van der Waals surface area contributed by atoms with Gasteiger partial charge in [0.25, 0.3) is 0 Å². The molecule has 20 heavy (non-hydrogen) atoms. The highest BCUT2D eigenvalue weighted by atomic mass is 35.5. The number of sulfonamides is 1. The molecular weight excluding hydrogens is 300 g/mol. The van der Waals surface area contributed by atoms with Gasteiger partial charge in [-0.15, -0.1) is 0 Å². The van der Waals surface area contributed by atoms with Gasteiger partial charge < -0.3 is 5.73 Å². The molecule has 0 aliphatic heterocycles. The number of anilines is 1. The van der Waals surface area contributed by atoms with E-state index >= 15 is 0 Å². The van der Waals surface area contributed by atoms with Crippen molar-refractivity contribution in [3.05, 3.63) is 41.7 Å². The van der Waals surface area contributed by atoms with Gasteiger partial charge in [0.2, 0.25) is 10.0 Å². The number of aromatic nitrogens is 2. The van der Waals surface area contributed by atoms with Crippen molar-refractivity contribution in [2.75, 3.05) is 5.73 Å². The molecule has 1 aromatic carbocycles. The number of rotatable bonds is 5. The van der Waals surface area contributed by atoms with E-state index in [4.69, 9.17) is 17.3 Å². The molecule has 2 aromatic rings. The predicted octanol–water partition coefficient (Wildman–Crippen LogP) is 1.49. The minimum atomic E-state index is -3.77. The van der Waals surface area contributed by atoms with Crippen LogP contribution in [0.25, 0.3) is 0 Å². The molecule has 3 N–H and O–H groups in total. The van der Waals surface area contributed by atoms with Crippen LogP contribution < -0.4 is 10.5 Å². The van der Waals surface area contributed by atoms with Crippen molar-refractivity contribution in [3.8, 4) is 0 Å². The van der Waals surface area contributed by atoms with Crippen LogP contribution in [0.1, 0.15) is 6.92 Å². The normalized spacial score (nSPS) is 13.3. The first-order chi connectivity index (χ1) is 9.40. The molecule has 0 saturated carbocycles. The Labute approximate surface area is 122 Å². The fourth-order valence-corrected chi connectivity index (χ4v) is 3.77. The molecule has 0 amide bonds. The van der Waals surface area contributed by atoms with E-state index in [0.29, 0.717) is 6.54 Å². The van der Waals surface area contributed by atoms with Crippen LogP contribution in [0.15, 0.2) is 41.6 Å². The lowest BCUT2D eigenvalue weighted by Gasteiger charge is -2.16. The van der Waals surface area contributed by atoms with Crippen LogP contribution >= 0.6 is 11.6 Å². The lowest BCUT2D eigenvalue weighted by atomic mass is 10.3. The van der Waals surface area contributed by atoms with Crippen LogP contribution in [0.3, 0.4) is 0 Å². The molecule has 1 atom stereocenters. The maximum Gasteiger partial charge on any atom is 0.244 e. The van der Waals surface area contributed by atoms with E-state index in [0.717, 1.165) is 0 Å². The lowest BCUT2D eigenvalue weighted by Crippen LogP contribution is -2.36.